The molecule has 7 nitrogen and oxygen atoms in total. The Hall–Kier alpha value is -3.45. The summed E-state index contributed by atoms with van der Waals surface area (Å²) in [6.45, 7) is 1.44. The van der Waals surface area contributed by atoms with E-state index in [-0.39, 0.29) is 11.5 Å². The first kappa shape index (κ1) is 15.6. The summed E-state index contributed by atoms with van der Waals surface area (Å²) in [7, 11) is 0. The van der Waals surface area contributed by atoms with Crippen LogP contribution in [-0.2, 0) is 4.74 Å². The monoisotopic (exact) mass is 371 g/mol. The zero-order valence-corrected chi connectivity index (χ0v) is 15.0. The third-order valence-electron chi connectivity index (χ3n) is 5.62. The fraction of sp³-hybridized carbons (Fsp3) is 0.190. The van der Waals surface area contributed by atoms with Crippen molar-refractivity contribution in [3.63, 3.8) is 0 Å². The average molecular weight is 371 g/mol. The number of hydrogen-bond donors (Lipinski definition) is 3. The molecular formula is C21H17N5O2. The van der Waals surface area contributed by atoms with Gasteiger partial charge in [-0.2, -0.15) is 5.10 Å². The molecule has 1 aliphatic rings. The number of nitrogens with one attached hydrogen (secondary N) is 3. The number of pyridine rings is 1. The van der Waals surface area contributed by atoms with E-state index in [0.717, 1.165) is 57.3 Å². The molecule has 3 N–H and O–H groups in total. The van der Waals surface area contributed by atoms with Crippen LogP contribution < -0.4 is 5.56 Å². The van der Waals surface area contributed by atoms with Gasteiger partial charge in [-0.3, -0.25) is 9.89 Å². The second-order valence-corrected chi connectivity index (χ2v) is 7.23. The van der Waals surface area contributed by atoms with Gasteiger partial charge in [0.05, 0.1) is 28.7 Å². The van der Waals surface area contributed by atoms with Crippen LogP contribution in [-0.4, -0.2) is 38.4 Å². The Labute approximate surface area is 158 Å². The van der Waals surface area contributed by atoms with Crippen LogP contribution in [0.4, 0.5) is 0 Å². The number of rotatable bonds is 2. The summed E-state index contributed by atoms with van der Waals surface area (Å²) < 4.78 is 5.53. The highest BCUT2D eigenvalue weighted by Crippen LogP contribution is 2.36. The van der Waals surface area contributed by atoms with E-state index in [0.29, 0.717) is 12.0 Å². The summed E-state index contributed by atoms with van der Waals surface area (Å²) in [5, 5.41) is 10.4. The second-order valence-electron chi connectivity index (χ2n) is 7.23. The van der Waals surface area contributed by atoms with Crippen molar-refractivity contribution in [1.82, 2.24) is 25.1 Å². The van der Waals surface area contributed by atoms with Crippen LogP contribution in [0.25, 0.3) is 43.8 Å². The van der Waals surface area contributed by atoms with E-state index in [1.165, 1.54) is 0 Å². The smallest absolute Gasteiger partial charge is 0.256 e. The van der Waals surface area contributed by atoms with Gasteiger partial charge < -0.3 is 14.7 Å². The van der Waals surface area contributed by atoms with E-state index in [9.17, 15) is 4.79 Å². The minimum absolute atomic E-state index is 0.111. The zero-order valence-electron chi connectivity index (χ0n) is 15.0. The maximum atomic E-state index is 12.8. The fourth-order valence-electron chi connectivity index (χ4n) is 4.22. The molecule has 1 fully saturated rings. The van der Waals surface area contributed by atoms with Gasteiger partial charge in [-0.05, 0) is 30.0 Å². The first-order chi connectivity index (χ1) is 13.8. The fourth-order valence-corrected chi connectivity index (χ4v) is 4.22. The standard InChI is InChI=1S/C21H17N5O2/c27-21-17-14(3-6-22-21)19-18(24-20(25-19)12-5-8-28-10-12)13-2-1-11(9-15(13)17)16-4-7-23-26-16/h1-4,6-7,9,12H,5,8,10H2,(H,22,27)(H,23,26)(H,24,25). The second kappa shape index (κ2) is 5.77. The average Bonchev–Trinajstić information content (AvgIpc) is 3.49. The van der Waals surface area contributed by atoms with Crippen LogP contribution in [0.2, 0.25) is 0 Å². The number of ether oxygens (including phenoxy) is 1. The molecular weight excluding hydrogens is 354 g/mol. The van der Waals surface area contributed by atoms with Gasteiger partial charge in [0.1, 0.15) is 5.82 Å². The van der Waals surface area contributed by atoms with Gasteiger partial charge in [-0.25, -0.2) is 4.98 Å². The van der Waals surface area contributed by atoms with E-state index in [1.54, 1.807) is 12.4 Å². The van der Waals surface area contributed by atoms with Crippen LogP contribution in [0, 0.1) is 0 Å². The lowest BCUT2D eigenvalue weighted by Gasteiger charge is -2.07. The first-order valence-electron chi connectivity index (χ1n) is 9.34. The number of aromatic nitrogens is 5. The Morgan fingerprint density at radius 2 is 2.07 bits per heavy atom. The minimum Gasteiger partial charge on any atom is -0.381 e. The first-order valence-corrected chi connectivity index (χ1v) is 9.34. The molecule has 0 amide bonds. The van der Waals surface area contributed by atoms with Gasteiger partial charge in [0, 0.05) is 41.3 Å². The number of benzene rings is 2. The normalized spacial score (nSPS) is 17.2. The largest absolute Gasteiger partial charge is 0.381 e. The van der Waals surface area contributed by atoms with Crippen LogP contribution >= 0.6 is 0 Å². The highest BCUT2D eigenvalue weighted by molar-refractivity contribution is 6.23. The molecule has 0 bridgehead atoms. The Morgan fingerprint density at radius 3 is 2.89 bits per heavy atom. The number of H-pyrrole nitrogens is 3. The van der Waals surface area contributed by atoms with Crippen molar-refractivity contribution in [1.29, 1.82) is 0 Å². The van der Waals surface area contributed by atoms with Gasteiger partial charge in [0.2, 0.25) is 0 Å². The summed E-state index contributed by atoms with van der Waals surface area (Å²) in [6.07, 6.45) is 4.36. The number of hydrogen-bond acceptors (Lipinski definition) is 4. The van der Waals surface area contributed by atoms with Crippen LogP contribution in [0.5, 0.6) is 0 Å². The highest BCUT2D eigenvalue weighted by atomic mass is 16.5. The van der Waals surface area contributed by atoms with Crippen molar-refractivity contribution in [2.45, 2.75) is 12.3 Å². The number of imidazole rings is 1. The van der Waals surface area contributed by atoms with Crippen molar-refractivity contribution in [2.75, 3.05) is 13.2 Å². The Kier molecular flexibility index (Phi) is 3.21. The van der Waals surface area contributed by atoms with E-state index in [4.69, 9.17) is 9.72 Å². The van der Waals surface area contributed by atoms with Crippen molar-refractivity contribution >= 4 is 32.6 Å². The summed E-state index contributed by atoms with van der Waals surface area (Å²) in [4.78, 5) is 24.0. The molecule has 138 valence electrons. The summed E-state index contributed by atoms with van der Waals surface area (Å²) in [5.74, 6) is 1.20. The molecule has 3 aromatic heterocycles. The summed E-state index contributed by atoms with van der Waals surface area (Å²) >= 11 is 0. The van der Waals surface area contributed by atoms with Crippen molar-refractivity contribution < 1.29 is 4.74 Å². The molecule has 0 radical (unpaired) electrons. The maximum Gasteiger partial charge on any atom is 0.256 e. The highest BCUT2D eigenvalue weighted by Gasteiger charge is 2.23. The van der Waals surface area contributed by atoms with Crippen molar-refractivity contribution in [3.05, 3.63) is 58.9 Å². The van der Waals surface area contributed by atoms with Gasteiger partial charge in [-0.1, -0.05) is 12.1 Å². The third-order valence-corrected chi connectivity index (χ3v) is 5.62. The molecule has 1 aliphatic heterocycles. The molecule has 5 aromatic rings. The van der Waals surface area contributed by atoms with E-state index in [2.05, 4.69) is 20.2 Å². The molecule has 1 unspecified atom stereocenters. The van der Waals surface area contributed by atoms with Crippen molar-refractivity contribution in [3.8, 4) is 11.3 Å². The molecule has 0 spiro atoms. The Balaban J connectivity index is 1.74. The molecule has 28 heavy (non-hydrogen) atoms. The summed E-state index contributed by atoms with van der Waals surface area (Å²) in [6, 6.07) is 9.97. The molecule has 2 aromatic carbocycles. The van der Waals surface area contributed by atoms with Gasteiger partial charge in [-0.15, -0.1) is 0 Å². The minimum atomic E-state index is -0.111. The Bertz CT molecular complexity index is 1390. The molecule has 6 rings (SSSR count). The van der Waals surface area contributed by atoms with Crippen LogP contribution in [0.1, 0.15) is 18.2 Å². The van der Waals surface area contributed by atoms with Gasteiger partial charge >= 0.3 is 0 Å². The predicted octanol–water partition coefficient (Wildman–Crippen LogP) is 3.45. The van der Waals surface area contributed by atoms with Gasteiger partial charge in [0.15, 0.2) is 0 Å². The van der Waals surface area contributed by atoms with E-state index >= 15 is 0 Å². The summed E-state index contributed by atoms with van der Waals surface area (Å²) in [5.41, 5.74) is 3.59. The maximum absolute atomic E-state index is 12.8. The van der Waals surface area contributed by atoms with E-state index in [1.807, 2.05) is 30.3 Å². The topological polar surface area (TPSA) is 99.5 Å². The molecule has 0 aliphatic carbocycles. The predicted molar refractivity (Wildman–Crippen MR) is 107 cm³/mol. The molecule has 1 saturated heterocycles. The van der Waals surface area contributed by atoms with Gasteiger partial charge in [0.25, 0.3) is 5.56 Å². The van der Waals surface area contributed by atoms with Crippen LogP contribution in [0.15, 0.2) is 47.5 Å². The Morgan fingerprint density at radius 1 is 1.11 bits per heavy atom. The third kappa shape index (κ3) is 2.16. The number of aromatic amines is 3. The molecule has 0 saturated carbocycles. The van der Waals surface area contributed by atoms with Crippen LogP contribution in [0.3, 0.4) is 0 Å². The lowest BCUT2D eigenvalue weighted by Crippen LogP contribution is -2.05. The SMILES string of the molecule is O=c1[nH]ccc2c3nc(C4CCOC4)[nH]c3c3ccc(-c4ccn[nH]4)cc3c12. The lowest BCUT2D eigenvalue weighted by molar-refractivity contribution is 0.193. The molecule has 1 atom stereocenters. The number of fused-ring (bicyclic) bond motifs is 6. The molecule has 4 heterocycles. The molecule has 7 heteroatoms. The lowest BCUT2D eigenvalue weighted by atomic mass is 9.98. The van der Waals surface area contributed by atoms with E-state index < -0.39 is 0 Å². The zero-order chi connectivity index (χ0) is 18.7. The van der Waals surface area contributed by atoms with Crippen molar-refractivity contribution in [2.24, 2.45) is 0 Å². The number of nitrogens with zero attached hydrogens (tertiary/aromatic N) is 2. The quantitative estimate of drug-likeness (QED) is 0.414.